The molecule has 0 saturated carbocycles. The minimum atomic E-state index is -0.207. The Hall–Kier alpha value is -1.42. The van der Waals surface area contributed by atoms with Crippen LogP contribution in [0.3, 0.4) is 0 Å². The van der Waals surface area contributed by atoms with Crippen LogP contribution in [0.5, 0.6) is 0 Å². The summed E-state index contributed by atoms with van der Waals surface area (Å²) in [6.07, 6.45) is 1.07. The summed E-state index contributed by atoms with van der Waals surface area (Å²) < 4.78 is 12.8. The Kier molecular flexibility index (Phi) is 2.36. The van der Waals surface area contributed by atoms with Gasteiger partial charge in [-0.2, -0.15) is 0 Å². The Morgan fingerprint density at radius 1 is 1.25 bits per heavy atom. The molecule has 16 heavy (non-hydrogen) atoms. The molecule has 1 aromatic rings. The molecule has 2 unspecified atom stereocenters. The molecular formula is C12H14FN3. The Morgan fingerprint density at radius 2 is 2.06 bits per heavy atom. The van der Waals surface area contributed by atoms with E-state index in [0.29, 0.717) is 12.1 Å². The van der Waals surface area contributed by atoms with E-state index in [2.05, 4.69) is 15.6 Å². The van der Waals surface area contributed by atoms with Gasteiger partial charge >= 0.3 is 0 Å². The number of rotatable bonds is 1. The molecule has 1 aromatic carbocycles. The third kappa shape index (κ3) is 1.69. The van der Waals surface area contributed by atoms with Crippen molar-refractivity contribution in [1.82, 2.24) is 10.6 Å². The number of amidine groups is 1. The normalized spacial score (nSPS) is 28.2. The van der Waals surface area contributed by atoms with Gasteiger partial charge in [-0.05, 0) is 37.2 Å². The van der Waals surface area contributed by atoms with E-state index in [1.165, 1.54) is 12.1 Å². The van der Waals surface area contributed by atoms with E-state index < -0.39 is 0 Å². The molecule has 0 amide bonds. The fraction of sp³-hybridized carbons (Fsp3) is 0.417. The van der Waals surface area contributed by atoms with Crippen molar-refractivity contribution in [3.63, 3.8) is 0 Å². The largest absolute Gasteiger partial charge is 0.364 e. The SMILES string of the molecule is Fc1ccc(C2=NC3CCNCC3N2)cc1. The van der Waals surface area contributed by atoms with E-state index in [4.69, 9.17) is 0 Å². The first-order valence-corrected chi connectivity index (χ1v) is 5.64. The highest BCUT2D eigenvalue weighted by Gasteiger charge is 2.30. The molecule has 0 spiro atoms. The summed E-state index contributed by atoms with van der Waals surface area (Å²) >= 11 is 0. The molecule has 84 valence electrons. The number of benzene rings is 1. The first-order valence-electron chi connectivity index (χ1n) is 5.64. The number of halogens is 1. The number of hydrogen-bond acceptors (Lipinski definition) is 3. The smallest absolute Gasteiger partial charge is 0.128 e. The number of nitrogens with zero attached hydrogens (tertiary/aromatic N) is 1. The average molecular weight is 219 g/mol. The van der Waals surface area contributed by atoms with Crippen molar-refractivity contribution in [2.45, 2.75) is 18.5 Å². The van der Waals surface area contributed by atoms with Crippen molar-refractivity contribution in [2.24, 2.45) is 4.99 Å². The maximum atomic E-state index is 12.8. The van der Waals surface area contributed by atoms with Gasteiger partial charge in [-0.25, -0.2) is 4.39 Å². The van der Waals surface area contributed by atoms with Crippen molar-refractivity contribution < 1.29 is 4.39 Å². The number of aliphatic imine (C=N–C) groups is 1. The summed E-state index contributed by atoms with van der Waals surface area (Å²) in [7, 11) is 0. The minimum Gasteiger partial charge on any atom is -0.364 e. The Labute approximate surface area is 93.8 Å². The van der Waals surface area contributed by atoms with Gasteiger partial charge in [0.05, 0.1) is 12.1 Å². The monoisotopic (exact) mass is 219 g/mol. The molecule has 1 saturated heterocycles. The van der Waals surface area contributed by atoms with E-state index in [-0.39, 0.29) is 5.82 Å². The van der Waals surface area contributed by atoms with E-state index in [9.17, 15) is 4.39 Å². The van der Waals surface area contributed by atoms with Crippen LogP contribution in [0, 0.1) is 5.82 Å². The van der Waals surface area contributed by atoms with E-state index >= 15 is 0 Å². The van der Waals surface area contributed by atoms with Crippen molar-refractivity contribution >= 4 is 5.84 Å². The van der Waals surface area contributed by atoms with Crippen LogP contribution in [0.25, 0.3) is 0 Å². The standard InChI is InChI=1S/C12H14FN3/c13-9-3-1-8(2-4-9)12-15-10-5-6-14-7-11(10)16-12/h1-4,10-11,14H,5-7H2,(H,15,16). The molecular weight excluding hydrogens is 205 g/mol. The second kappa shape index (κ2) is 3.87. The second-order valence-electron chi connectivity index (χ2n) is 4.30. The van der Waals surface area contributed by atoms with Crippen molar-refractivity contribution in [3.8, 4) is 0 Å². The third-order valence-corrected chi connectivity index (χ3v) is 3.18. The zero-order chi connectivity index (χ0) is 11.0. The van der Waals surface area contributed by atoms with Crippen LogP contribution in [-0.2, 0) is 0 Å². The lowest BCUT2D eigenvalue weighted by atomic mass is 10.0. The molecule has 0 radical (unpaired) electrons. The van der Waals surface area contributed by atoms with Gasteiger partial charge in [0, 0.05) is 12.1 Å². The summed E-state index contributed by atoms with van der Waals surface area (Å²) in [6, 6.07) is 7.26. The van der Waals surface area contributed by atoms with Gasteiger partial charge < -0.3 is 10.6 Å². The van der Waals surface area contributed by atoms with Crippen LogP contribution in [-0.4, -0.2) is 31.0 Å². The van der Waals surface area contributed by atoms with Gasteiger partial charge in [0.15, 0.2) is 0 Å². The zero-order valence-electron chi connectivity index (χ0n) is 8.91. The summed E-state index contributed by atoms with van der Waals surface area (Å²) in [5.74, 6) is 0.695. The quantitative estimate of drug-likeness (QED) is 0.736. The van der Waals surface area contributed by atoms with Crippen LogP contribution in [0.15, 0.2) is 29.3 Å². The Morgan fingerprint density at radius 3 is 2.81 bits per heavy atom. The fourth-order valence-corrected chi connectivity index (χ4v) is 2.29. The van der Waals surface area contributed by atoms with Crippen LogP contribution in [0.1, 0.15) is 12.0 Å². The molecule has 2 atom stereocenters. The molecule has 2 aliphatic rings. The Balaban J connectivity index is 1.83. The lowest BCUT2D eigenvalue weighted by Crippen LogP contribution is -2.48. The van der Waals surface area contributed by atoms with Crippen molar-refractivity contribution in [1.29, 1.82) is 0 Å². The molecule has 3 nitrogen and oxygen atoms in total. The third-order valence-electron chi connectivity index (χ3n) is 3.18. The van der Waals surface area contributed by atoms with Gasteiger partial charge in [-0.15, -0.1) is 0 Å². The van der Waals surface area contributed by atoms with Crippen molar-refractivity contribution in [2.75, 3.05) is 13.1 Å². The summed E-state index contributed by atoms with van der Waals surface area (Å²) in [5.41, 5.74) is 0.968. The zero-order valence-corrected chi connectivity index (χ0v) is 8.91. The van der Waals surface area contributed by atoms with Gasteiger partial charge in [-0.3, -0.25) is 4.99 Å². The highest BCUT2D eigenvalue weighted by molar-refractivity contribution is 6.00. The van der Waals surface area contributed by atoms with Gasteiger partial charge in [0.2, 0.25) is 0 Å². The molecule has 0 aromatic heterocycles. The summed E-state index contributed by atoms with van der Waals surface area (Å²) in [5, 5.41) is 6.74. The molecule has 3 rings (SSSR count). The van der Waals surface area contributed by atoms with Crippen LogP contribution in [0.4, 0.5) is 4.39 Å². The average Bonchev–Trinajstić information content (AvgIpc) is 2.73. The summed E-state index contributed by atoms with van der Waals surface area (Å²) in [6.45, 7) is 1.99. The highest BCUT2D eigenvalue weighted by atomic mass is 19.1. The molecule has 4 heteroatoms. The molecule has 2 aliphatic heterocycles. The van der Waals surface area contributed by atoms with E-state index in [1.807, 2.05) is 0 Å². The lowest BCUT2D eigenvalue weighted by molar-refractivity contribution is 0.402. The topological polar surface area (TPSA) is 36.4 Å². The fourth-order valence-electron chi connectivity index (χ4n) is 2.29. The Bertz CT molecular complexity index is 413. The van der Waals surface area contributed by atoms with Crippen molar-refractivity contribution in [3.05, 3.63) is 35.6 Å². The minimum absolute atomic E-state index is 0.207. The first-order chi connectivity index (χ1) is 7.83. The molecule has 2 N–H and O–H groups in total. The maximum Gasteiger partial charge on any atom is 0.128 e. The molecule has 2 heterocycles. The predicted octanol–water partition coefficient (Wildman–Crippen LogP) is 0.906. The number of nitrogens with one attached hydrogen (secondary N) is 2. The van der Waals surface area contributed by atoms with E-state index in [1.54, 1.807) is 12.1 Å². The number of fused-ring (bicyclic) bond motifs is 1. The lowest BCUT2D eigenvalue weighted by Gasteiger charge is -2.24. The van der Waals surface area contributed by atoms with Crippen LogP contribution >= 0.6 is 0 Å². The number of piperidine rings is 1. The maximum absolute atomic E-state index is 12.8. The van der Waals surface area contributed by atoms with Crippen LogP contribution < -0.4 is 10.6 Å². The van der Waals surface area contributed by atoms with Gasteiger partial charge in [0.1, 0.15) is 11.7 Å². The van der Waals surface area contributed by atoms with Gasteiger partial charge in [-0.1, -0.05) is 0 Å². The second-order valence-corrected chi connectivity index (χ2v) is 4.30. The molecule has 0 bridgehead atoms. The van der Waals surface area contributed by atoms with Crippen LogP contribution in [0.2, 0.25) is 0 Å². The predicted molar refractivity (Wildman–Crippen MR) is 61.1 cm³/mol. The molecule has 1 fully saturated rings. The van der Waals surface area contributed by atoms with E-state index in [0.717, 1.165) is 30.9 Å². The first kappa shape index (κ1) is 9.78. The summed E-state index contributed by atoms with van der Waals surface area (Å²) in [4.78, 5) is 4.65. The van der Waals surface area contributed by atoms with Gasteiger partial charge in [0.25, 0.3) is 0 Å². The molecule has 0 aliphatic carbocycles. The highest BCUT2D eigenvalue weighted by Crippen LogP contribution is 2.17. The number of hydrogen-bond donors (Lipinski definition) is 2.